The lowest BCUT2D eigenvalue weighted by Crippen LogP contribution is -2.54. The molecular formula is C22H28N2O5. The molecule has 0 unspecified atom stereocenters. The van der Waals surface area contributed by atoms with Gasteiger partial charge in [0.2, 0.25) is 11.8 Å². The fourth-order valence-corrected chi connectivity index (χ4v) is 4.71. The summed E-state index contributed by atoms with van der Waals surface area (Å²) in [4.78, 5) is 40.9. The van der Waals surface area contributed by atoms with Crippen LogP contribution in [0.4, 0.5) is 0 Å². The third-order valence-corrected chi connectivity index (χ3v) is 6.57. The van der Waals surface area contributed by atoms with Crippen molar-refractivity contribution < 1.29 is 23.9 Å². The minimum atomic E-state index is -0.520. The number of nitrogens with zero attached hydrogens (tertiary/aromatic N) is 2. The van der Waals surface area contributed by atoms with Crippen molar-refractivity contribution in [1.29, 1.82) is 0 Å². The smallest absolute Gasteiger partial charge is 0.225 e. The molecule has 1 aromatic rings. The number of carbonyl (C=O) groups is 3. The molecule has 0 saturated carbocycles. The number of methoxy groups -OCH3 is 1. The molecule has 0 atom stereocenters. The summed E-state index contributed by atoms with van der Waals surface area (Å²) in [5.41, 5.74) is 0.0543. The molecule has 7 nitrogen and oxygen atoms in total. The molecule has 0 N–H and O–H groups in total. The predicted octanol–water partition coefficient (Wildman–Crippen LogP) is 2.28. The maximum absolute atomic E-state index is 12.9. The third kappa shape index (κ3) is 3.82. The molecule has 0 aromatic heterocycles. The molecule has 29 heavy (non-hydrogen) atoms. The molecule has 0 radical (unpaired) electrons. The molecule has 2 fully saturated rings. The summed E-state index contributed by atoms with van der Waals surface area (Å²) in [6, 6.07) is 5.33. The van der Waals surface area contributed by atoms with Crippen LogP contribution in [-0.4, -0.2) is 66.3 Å². The van der Waals surface area contributed by atoms with Crippen molar-refractivity contribution in [2.75, 3.05) is 33.3 Å². The first kappa shape index (κ1) is 19.7. The Morgan fingerprint density at radius 1 is 1.10 bits per heavy atom. The number of rotatable bonds is 2. The van der Waals surface area contributed by atoms with Crippen LogP contribution in [0.3, 0.4) is 0 Å². The van der Waals surface area contributed by atoms with Crippen LogP contribution < -0.4 is 9.47 Å². The maximum atomic E-state index is 12.9. The third-order valence-electron chi connectivity index (χ3n) is 6.57. The van der Waals surface area contributed by atoms with Gasteiger partial charge in [0, 0.05) is 51.9 Å². The van der Waals surface area contributed by atoms with E-state index in [0.29, 0.717) is 62.5 Å². The number of piperidine rings is 2. The summed E-state index contributed by atoms with van der Waals surface area (Å²) in [5, 5.41) is 0. The Hall–Kier alpha value is -2.57. The molecule has 0 bridgehead atoms. The van der Waals surface area contributed by atoms with Gasteiger partial charge in [-0.3, -0.25) is 14.4 Å². The Morgan fingerprint density at radius 3 is 2.41 bits per heavy atom. The van der Waals surface area contributed by atoms with Gasteiger partial charge in [-0.05, 0) is 31.0 Å². The largest absolute Gasteiger partial charge is 0.497 e. The fourth-order valence-electron chi connectivity index (χ4n) is 4.71. The number of ketones is 1. The van der Waals surface area contributed by atoms with Crippen molar-refractivity contribution in [2.24, 2.45) is 5.92 Å². The van der Waals surface area contributed by atoms with Crippen molar-refractivity contribution in [3.05, 3.63) is 23.8 Å². The van der Waals surface area contributed by atoms with Crippen molar-refractivity contribution in [3.63, 3.8) is 0 Å². The zero-order chi connectivity index (χ0) is 20.6. The summed E-state index contributed by atoms with van der Waals surface area (Å²) in [6.07, 6.45) is 3.10. The molecule has 7 heteroatoms. The second-order valence-corrected chi connectivity index (χ2v) is 8.35. The highest BCUT2D eigenvalue weighted by molar-refractivity contribution is 6.00. The van der Waals surface area contributed by atoms with Gasteiger partial charge in [-0.2, -0.15) is 0 Å². The van der Waals surface area contributed by atoms with E-state index in [1.54, 1.807) is 32.2 Å². The molecule has 3 aliphatic heterocycles. The van der Waals surface area contributed by atoms with Gasteiger partial charge in [-0.25, -0.2) is 0 Å². The van der Waals surface area contributed by atoms with Crippen molar-refractivity contribution in [3.8, 4) is 11.5 Å². The van der Waals surface area contributed by atoms with Gasteiger partial charge >= 0.3 is 0 Å². The van der Waals surface area contributed by atoms with Gasteiger partial charge in [0.1, 0.15) is 17.1 Å². The van der Waals surface area contributed by atoms with Crippen LogP contribution in [0.15, 0.2) is 18.2 Å². The average molecular weight is 400 g/mol. The van der Waals surface area contributed by atoms with Crippen LogP contribution >= 0.6 is 0 Å². The highest BCUT2D eigenvalue weighted by atomic mass is 16.5. The number of likely N-dealkylation sites (tertiary alicyclic amines) is 2. The van der Waals surface area contributed by atoms with Crippen LogP contribution in [0.5, 0.6) is 11.5 Å². The normalized spacial score (nSPS) is 21.5. The van der Waals surface area contributed by atoms with E-state index in [0.717, 1.165) is 12.8 Å². The first-order valence-corrected chi connectivity index (χ1v) is 10.4. The van der Waals surface area contributed by atoms with Crippen LogP contribution in [0.1, 0.15) is 49.4 Å². The van der Waals surface area contributed by atoms with Gasteiger partial charge in [-0.1, -0.05) is 0 Å². The Bertz CT molecular complexity index is 820. The van der Waals surface area contributed by atoms with E-state index in [4.69, 9.17) is 9.47 Å². The lowest BCUT2D eigenvalue weighted by molar-refractivity contribution is -0.143. The number of ether oxygens (including phenoxy) is 2. The number of amides is 2. The van der Waals surface area contributed by atoms with E-state index in [-0.39, 0.29) is 23.5 Å². The van der Waals surface area contributed by atoms with E-state index in [1.165, 1.54) is 0 Å². The Morgan fingerprint density at radius 2 is 1.79 bits per heavy atom. The van der Waals surface area contributed by atoms with Crippen molar-refractivity contribution in [1.82, 2.24) is 9.80 Å². The van der Waals surface area contributed by atoms with E-state index in [9.17, 15) is 14.4 Å². The molecule has 1 spiro atoms. The zero-order valence-electron chi connectivity index (χ0n) is 17.1. The molecule has 1 aromatic carbocycles. The molecule has 2 saturated heterocycles. The van der Waals surface area contributed by atoms with Crippen LogP contribution in [-0.2, 0) is 9.59 Å². The SMILES string of the molecule is COc1ccc2c(c1)C(=O)CC1(CCN(C(=O)C3CCN(C(C)=O)CC3)CC1)O2. The number of hydrogen-bond donors (Lipinski definition) is 0. The van der Waals surface area contributed by atoms with E-state index < -0.39 is 5.60 Å². The van der Waals surface area contributed by atoms with Crippen LogP contribution in [0, 0.1) is 5.92 Å². The number of hydrogen-bond acceptors (Lipinski definition) is 5. The molecule has 3 heterocycles. The monoisotopic (exact) mass is 400 g/mol. The quantitative estimate of drug-likeness (QED) is 0.761. The topological polar surface area (TPSA) is 76.2 Å². The molecule has 4 rings (SSSR count). The maximum Gasteiger partial charge on any atom is 0.225 e. The van der Waals surface area contributed by atoms with Gasteiger partial charge in [0.05, 0.1) is 19.1 Å². The molecule has 156 valence electrons. The first-order valence-electron chi connectivity index (χ1n) is 10.4. The van der Waals surface area contributed by atoms with Crippen molar-refractivity contribution >= 4 is 17.6 Å². The summed E-state index contributed by atoms with van der Waals surface area (Å²) < 4.78 is 11.5. The summed E-state index contributed by atoms with van der Waals surface area (Å²) >= 11 is 0. The zero-order valence-corrected chi connectivity index (χ0v) is 17.1. The van der Waals surface area contributed by atoms with Crippen LogP contribution in [0.2, 0.25) is 0 Å². The van der Waals surface area contributed by atoms with Gasteiger partial charge in [-0.15, -0.1) is 0 Å². The molecule has 2 amide bonds. The predicted molar refractivity (Wildman–Crippen MR) is 106 cm³/mol. The summed E-state index contributed by atoms with van der Waals surface area (Å²) in [6.45, 7) is 4.09. The number of Topliss-reactive ketones (excluding diaryl/α,β-unsaturated/α-hetero) is 1. The molecular weight excluding hydrogens is 372 g/mol. The Labute approximate surface area is 170 Å². The minimum absolute atomic E-state index is 0.0123. The Balaban J connectivity index is 1.37. The Kier molecular flexibility index (Phi) is 5.23. The fraction of sp³-hybridized carbons (Fsp3) is 0.591. The summed E-state index contributed by atoms with van der Waals surface area (Å²) in [5.74, 6) is 1.57. The lowest BCUT2D eigenvalue weighted by atomic mass is 9.82. The number of carbonyl (C=O) groups excluding carboxylic acids is 3. The van der Waals surface area contributed by atoms with E-state index >= 15 is 0 Å². The standard InChI is InChI=1S/C22H28N2O5/c1-15(25)23-9-5-16(6-10-23)21(27)24-11-7-22(8-12-24)14-19(26)18-13-17(28-2)3-4-20(18)29-22/h3-4,13,16H,5-12,14H2,1-2H3. The molecule has 3 aliphatic rings. The second-order valence-electron chi connectivity index (χ2n) is 8.35. The van der Waals surface area contributed by atoms with E-state index in [2.05, 4.69) is 0 Å². The molecule has 0 aliphatic carbocycles. The lowest BCUT2D eigenvalue weighted by Gasteiger charge is -2.45. The highest BCUT2D eigenvalue weighted by Crippen LogP contribution is 2.40. The van der Waals surface area contributed by atoms with E-state index in [1.807, 2.05) is 9.80 Å². The average Bonchev–Trinajstić information content (AvgIpc) is 2.73. The van der Waals surface area contributed by atoms with Gasteiger partial charge < -0.3 is 19.3 Å². The number of benzene rings is 1. The van der Waals surface area contributed by atoms with Gasteiger partial charge in [0.25, 0.3) is 0 Å². The highest BCUT2D eigenvalue weighted by Gasteiger charge is 2.44. The van der Waals surface area contributed by atoms with Crippen molar-refractivity contribution in [2.45, 2.75) is 44.6 Å². The minimum Gasteiger partial charge on any atom is -0.497 e. The first-order chi connectivity index (χ1) is 13.9. The number of fused-ring (bicyclic) bond motifs is 1. The van der Waals surface area contributed by atoms with Crippen LogP contribution in [0.25, 0.3) is 0 Å². The summed E-state index contributed by atoms with van der Waals surface area (Å²) in [7, 11) is 1.58. The van der Waals surface area contributed by atoms with Gasteiger partial charge in [0.15, 0.2) is 5.78 Å². The second kappa shape index (κ2) is 7.69.